The fraction of sp³-hybridized carbons (Fsp3) is 0.222. The third kappa shape index (κ3) is 3.94. The average molecular weight is 440 g/mol. The number of rotatable bonds is 5. The third-order valence-electron chi connectivity index (χ3n) is 3.76. The van der Waals surface area contributed by atoms with Gasteiger partial charge in [0.25, 0.3) is 5.91 Å². The topological polar surface area (TPSA) is 76.7 Å². The minimum atomic E-state index is -0.400. The summed E-state index contributed by atoms with van der Waals surface area (Å²) in [4.78, 5) is 24.0. The maximum Gasteiger partial charge on any atom is 0.251 e. The van der Waals surface area contributed by atoms with Gasteiger partial charge in [0.2, 0.25) is 12.7 Å². The van der Waals surface area contributed by atoms with Crippen LogP contribution in [0.25, 0.3) is 0 Å². The number of fused-ring (bicyclic) bond motifs is 1. The van der Waals surface area contributed by atoms with E-state index in [4.69, 9.17) is 21.1 Å². The molecule has 0 radical (unpaired) electrons. The summed E-state index contributed by atoms with van der Waals surface area (Å²) in [5, 5.41) is 5.97. The Morgan fingerprint density at radius 1 is 1.23 bits per heavy atom. The second-order valence-corrected chi connectivity index (χ2v) is 7.39. The van der Waals surface area contributed by atoms with Crippen LogP contribution in [0.15, 0.2) is 36.4 Å². The lowest BCUT2D eigenvalue weighted by Gasteiger charge is -2.16. The predicted octanol–water partition coefficient (Wildman–Crippen LogP) is 3.72. The molecule has 26 heavy (non-hydrogen) atoms. The molecule has 0 saturated carbocycles. The number of hydrogen-bond donors (Lipinski definition) is 2. The molecule has 1 aliphatic heterocycles. The molecule has 136 valence electrons. The van der Waals surface area contributed by atoms with Gasteiger partial charge < -0.3 is 20.1 Å². The van der Waals surface area contributed by atoms with Crippen molar-refractivity contribution in [2.24, 2.45) is 0 Å². The molecule has 0 bridgehead atoms. The summed E-state index contributed by atoms with van der Waals surface area (Å²) in [7, 11) is 0. The van der Waals surface area contributed by atoms with E-state index in [1.807, 2.05) is 6.07 Å². The number of alkyl halides is 1. The zero-order chi connectivity index (χ0) is 18.7. The first-order valence-corrected chi connectivity index (χ1v) is 9.16. The van der Waals surface area contributed by atoms with E-state index in [1.54, 1.807) is 37.3 Å². The zero-order valence-electron chi connectivity index (χ0n) is 13.8. The van der Waals surface area contributed by atoms with Gasteiger partial charge in [-0.25, -0.2) is 0 Å². The fourth-order valence-corrected chi connectivity index (χ4v) is 2.83. The van der Waals surface area contributed by atoms with Gasteiger partial charge in [0.1, 0.15) is 0 Å². The number of benzene rings is 2. The largest absolute Gasteiger partial charge is 0.452 e. The Bertz CT molecular complexity index is 843. The average Bonchev–Trinajstić information content (AvgIpc) is 3.13. The Balaban J connectivity index is 1.87. The maximum atomic E-state index is 12.3. The fourth-order valence-electron chi connectivity index (χ4n) is 2.44. The second-order valence-electron chi connectivity index (χ2n) is 5.61. The molecule has 3 rings (SSSR count). The number of hydrogen-bond acceptors (Lipinski definition) is 4. The molecular formula is C18H16BrClN2O4. The van der Waals surface area contributed by atoms with Gasteiger partial charge >= 0.3 is 0 Å². The van der Waals surface area contributed by atoms with Gasteiger partial charge in [-0.05, 0) is 25.1 Å². The second kappa shape index (κ2) is 7.97. The van der Waals surface area contributed by atoms with Crippen LogP contribution in [0.1, 0.15) is 22.8 Å². The van der Waals surface area contributed by atoms with Crippen molar-refractivity contribution in [1.29, 1.82) is 0 Å². The lowest BCUT2D eigenvalue weighted by molar-refractivity contribution is -0.115. The first-order valence-electron chi connectivity index (χ1n) is 7.86. The number of carbonyl (C=O) groups is 2. The van der Waals surface area contributed by atoms with Crippen LogP contribution < -0.4 is 20.1 Å². The van der Waals surface area contributed by atoms with Crippen LogP contribution >= 0.6 is 27.5 Å². The lowest BCUT2D eigenvalue weighted by Crippen LogP contribution is -2.25. The van der Waals surface area contributed by atoms with Crippen molar-refractivity contribution in [1.82, 2.24) is 5.32 Å². The molecule has 1 aliphatic rings. The highest BCUT2D eigenvalue weighted by Crippen LogP contribution is 2.46. The van der Waals surface area contributed by atoms with Crippen LogP contribution in [-0.4, -0.2) is 23.4 Å². The number of ether oxygens (including phenoxy) is 2. The molecule has 2 aromatic carbocycles. The van der Waals surface area contributed by atoms with Gasteiger partial charge in [-0.3, -0.25) is 9.59 Å². The van der Waals surface area contributed by atoms with Gasteiger partial charge in [0.15, 0.2) is 11.5 Å². The van der Waals surface area contributed by atoms with Crippen molar-refractivity contribution < 1.29 is 19.1 Å². The van der Waals surface area contributed by atoms with E-state index in [0.29, 0.717) is 33.3 Å². The minimum Gasteiger partial charge on any atom is -0.452 e. The molecule has 8 heteroatoms. The number of halogens is 2. The first kappa shape index (κ1) is 18.5. The zero-order valence-corrected chi connectivity index (χ0v) is 16.2. The van der Waals surface area contributed by atoms with E-state index in [-0.39, 0.29) is 25.2 Å². The Labute approximate surface area is 163 Å². The minimum absolute atomic E-state index is 0.0155. The summed E-state index contributed by atoms with van der Waals surface area (Å²) in [6.45, 7) is 1.89. The van der Waals surface area contributed by atoms with E-state index >= 15 is 0 Å². The molecule has 0 aromatic heterocycles. The molecule has 1 atom stereocenters. The van der Waals surface area contributed by atoms with Crippen molar-refractivity contribution in [2.45, 2.75) is 18.3 Å². The summed E-state index contributed by atoms with van der Waals surface area (Å²) in [6.07, 6.45) is 0. The summed E-state index contributed by atoms with van der Waals surface area (Å²) in [5.74, 6) is 0.261. The number of nitrogens with one attached hydrogen (secondary N) is 2. The molecular weight excluding hydrogens is 424 g/mol. The number of carbonyl (C=O) groups excluding carboxylic acids is 2. The van der Waals surface area contributed by atoms with Crippen molar-refractivity contribution in [3.8, 4) is 11.5 Å². The van der Waals surface area contributed by atoms with Crippen molar-refractivity contribution >= 4 is 45.0 Å². The maximum absolute atomic E-state index is 12.3. The van der Waals surface area contributed by atoms with Crippen molar-refractivity contribution in [3.05, 3.63) is 52.5 Å². The van der Waals surface area contributed by atoms with E-state index in [1.165, 1.54) is 0 Å². The molecule has 1 unspecified atom stereocenters. The van der Waals surface area contributed by atoms with Gasteiger partial charge in [-0.2, -0.15) is 0 Å². The molecule has 0 spiro atoms. The number of amides is 2. The van der Waals surface area contributed by atoms with E-state index < -0.39 is 4.83 Å². The number of anilines is 1. The highest BCUT2D eigenvalue weighted by molar-refractivity contribution is 9.10. The van der Waals surface area contributed by atoms with Gasteiger partial charge in [-0.1, -0.05) is 45.7 Å². The van der Waals surface area contributed by atoms with Gasteiger partial charge in [0.05, 0.1) is 15.5 Å². The monoisotopic (exact) mass is 438 g/mol. The quantitative estimate of drug-likeness (QED) is 0.696. The molecule has 2 amide bonds. The smallest absolute Gasteiger partial charge is 0.251 e. The molecule has 1 heterocycles. The lowest BCUT2D eigenvalue weighted by atomic mass is 10.1. The van der Waals surface area contributed by atoms with Crippen molar-refractivity contribution in [2.75, 3.05) is 12.1 Å². The van der Waals surface area contributed by atoms with Crippen LogP contribution in [0.2, 0.25) is 5.02 Å². The summed E-state index contributed by atoms with van der Waals surface area (Å²) >= 11 is 9.47. The van der Waals surface area contributed by atoms with Gasteiger partial charge in [-0.15, -0.1) is 0 Å². The first-order chi connectivity index (χ1) is 12.5. The third-order valence-corrected chi connectivity index (χ3v) is 4.46. The van der Waals surface area contributed by atoms with Crippen LogP contribution in [0, 0.1) is 0 Å². The molecule has 2 N–H and O–H groups in total. The Hall–Kier alpha value is -2.25. The summed E-state index contributed by atoms with van der Waals surface area (Å²) in [6, 6.07) is 10.5. The molecule has 0 aliphatic carbocycles. The standard InChI is InChI=1S/C18H16BrClN2O4/c1-10(19)17(23)22-14-12(7-13(20)15-16(14)26-9-25-15)8-21-18(24)11-5-3-2-4-6-11/h2-7,10H,8-9H2,1H3,(H,21,24)(H,22,23). The molecule has 0 fully saturated rings. The predicted molar refractivity (Wildman–Crippen MR) is 102 cm³/mol. The van der Waals surface area contributed by atoms with E-state index in [9.17, 15) is 9.59 Å². The Morgan fingerprint density at radius 2 is 1.92 bits per heavy atom. The van der Waals surface area contributed by atoms with Crippen LogP contribution in [0.3, 0.4) is 0 Å². The van der Waals surface area contributed by atoms with E-state index in [0.717, 1.165) is 0 Å². The SMILES string of the molecule is CC(Br)C(=O)Nc1c(CNC(=O)c2ccccc2)cc(Cl)c2c1OCO2. The van der Waals surface area contributed by atoms with Crippen LogP contribution in [0.5, 0.6) is 11.5 Å². The Morgan fingerprint density at radius 3 is 2.62 bits per heavy atom. The highest BCUT2D eigenvalue weighted by Gasteiger charge is 2.26. The highest BCUT2D eigenvalue weighted by atomic mass is 79.9. The molecule has 6 nitrogen and oxygen atoms in total. The van der Waals surface area contributed by atoms with Crippen molar-refractivity contribution in [3.63, 3.8) is 0 Å². The van der Waals surface area contributed by atoms with Crippen LogP contribution in [0.4, 0.5) is 5.69 Å². The van der Waals surface area contributed by atoms with Crippen LogP contribution in [-0.2, 0) is 11.3 Å². The van der Waals surface area contributed by atoms with Gasteiger partial charge in [0, 0.05) is 17.7 Å². The summed E-state index contributed by atoms with van der Waals surface area (Å²) in [5.41, 5.74) is 1.59. The molecule has 0 saturated heterocycles. The Kier molecular flexibility index (Phi) is 5.68. The molecule has 2 aromatic rings. The summed E-state index contributed by atoms with van der Waals surface area (Å²) < 4.78 is 10.8. The van der Waals surface area contributed by atoms with E-state index in [2.05, 4.69) is 26.6 Å². The normalized spacial score (nSPS) is 13.2.